The summed E-state index contributed by atoms with van der Waals surface area (Å²) >= 11 is 0. The van der Waals surface area contributed by atoms with Crippen molar-refractivity contribution >= 4 is 40.3 Å². The molecule has 0 spiro atoms. The molecule has 2 atom stereocenters. The molecule has 0 saturated heterocycles. The topological polar surface area (TPSA) is 17.8 Å². The minimum absolute atomic E-state index is 0.0704. The molecule has 0 radical (unpaired) electrons. The molecule has 4 aliphatic carbocycles. The van der Waals surface area contributed by atoms with Crippen LogP contribution in [0.25, 0.3) is 57.1 Å². The Balaban J connectivity index is 1.18. The lowest BCUT2D eigenvalue weighted by molar-refractivity contribution is 0.485. The lowest BCUT2D eigenvalue weighted by Gasteiger charge is -2.47. The lowest BCUT2D eigenvalue weighted by Crippen LogP contribution is -2.34. The highest BCUT2D eigenvalue weighted by molar-refractivity contribution is 5.98. The van der Waals surface area contributed by atoms with E-state index in [1.54, 1.807) is 0 Å². The zero-order valence-electron chi connectivity index (χ0n) is 30.3. The second kappa shape index (κ2) is 11.4. The van der Waals surface area contributed by atoms with E-state index < -0.39 is 0 Å². The van der Waals surface area contributed by atoms with E-state index in [-0.39, 0.29) is 16.7 Å². The zero-order valence-corrected chi connectivity index (χ0v) is 30.3. The molecule has 252 valence electrons. The average molecular weight is 671 g/mol. The highest BCUT2D eigenvalue weighted by Crippen LogP contribution is 2.61. The summed E-state index contributed by atoms with van der Waals surface area (Å²) in [5, 5.41) is 1.33. The number of hydrogen-bond acceptors (Lipinski definition) is 1. The highest BCUT2D eigenvalue weighted by atomic mass is 15.0. The van der Waals surface area contributed by atoms with Gasteiger partial charge in [0.2, 0.25) is 0 Å². The molecule has 0 N–H and O–H groups in total. The van der Waals surface area contributed by atoms with Crippen molar-refractivity contribution in [1.29, 1.82) is 0 Å². The Morgan fingerprint density at radius 1 is 0.750 bits per heavy atom. The first-order valence-corrected chi connectivity index (χ1v) is 18.7. The number of hydrogen-bond donors (Lipinski definition) is 0. The van der Waals surface area contributed by atoms with Crippen LogP contribution in [-0.2, 0) is 11.8 Å². The van der Waals surface area contributed by atoms with Gasteiger partial charge in [0.1, 0.15) is 0 Å². The number of fused-ring (bicyclic) bond motifs is 3. The van der Waals surface area contributed by atoms with Crippen LogP contribution in [0.5, 0.6) is 0 Å². The molecular weight excluding hydrogens is 629 g/mol. The first kappa shape index (κ1) is 31.0. The summed E-state index contributed by atoms with van der Waals surface area (Å²) in [4.78, 5) is 4.37. The van der Waals surface area contributed by atoms with Gasteiger partial charge in [0.05, 0.1) is 5.52 Å². The van der Waals surface area contributed by atoms with Gasteiger partial charge in [-0.25, -0.2) is 0 Å². The molecule has 2 unspecified atom stereocenters. The molecule has 4 aromatic carbocycles. The van der Waals surface area contributed by atoms with Crippen molar-refractivity contribution in [3.05, 3.63) is 184 Å². The summed E-state index contributed by atoms with van der Waals surface area (Å²) in [6.07, 6.45) is 22.8. The molecular formula is C50H42N2. The van der Waals surface area contributed by atoms with E-state index in [0.29, 0.717) is 0 Å². The summed E-state index contributed by atoms with van der Waals surface area (Å²) in [6.45, 7) is 9.42. The number of aromatic nitrogens is 2. The van der Waals surface area contributed by atoms with Crippen LogP contribution in [0.15, 0.2) is 139 Å². The number of allylic oxidation sites excluding steroid dienone is 7. The maximum absolute atomic E-state index is 4.37. The quantitative estimate of drug-likeness (QED) is 0.183. The Kier molecular flexibility index (Phi) is 6.80. The molecule has 0 bridgehead atoms. The monoisotopic (exact) mass is 670 g/mol. The van der Waals surface area contributed by atoms with Crippen molar-refractivity contribution in [2.45, 2.75) is 51.9 Å². The second-order valence-corrected chi connectivity index (χ2v) is 16.2. The van der Waals surface area contributed by atoms with Gasteiger partial charge < -0.3 is 4.57 Å². The Morgan fingerprint density at radius 2 is 1.54 bits per heavy atom. The van der Waals surface area contributed by atoms with Gasteiger partial charge in [-0.3, -0.25) is 4.98 Å². The third-order valence-electron chi connectivity index (χ3n) is 12.0. The van der Waals surface area contributed by atoms with E-state index >= 15 is 0 Å². The van der Waals surface area contributed by atoms with E-state index in [4.69, 9.17) is 0 Å². The maximum atomic E-state index is 4.37. The van der Waals surface area contributed by atoms with Crippen LogP contribution in [0.2, 0.25) is 0 Å². The molecule has 4 aliphatic rings. The molecule has 0 saturated carbocycles. The summed E-state index contributed by atoms with van der Waals surface area (Å²) in [6, 6.07) is 36.3. The van der Waals surface area contributed by atoms with Crippen molar-refractivity contribution in [3.63, 3.8) is 0 Å². The van der Waals surface area contributed by atoms with Gasteiger partial charge in [-0.1, -0.05) is 137 Å². The lowest BCUT2D eigenvalue weighted by atomic mass is 9.55. The predicted octanol–water partition coefficient (Wildman–Crippen LogP) is 12.6. The standard InChI is InChI=1S/C50H42N2/c1-49(2,3)38-27-35-22-23-42-43(33-20-18-32(19-21-33)37-12-10-26-51-31-37)30-44(50(4)25-24-36(28-38)47(35)48(42)50)34-11-9-13-39(29-34)52-45-16-7-5-14-40(45)41-15-6-8-17-46(41)52/h5-7,9-16,18-31,48H,8,17H2,1-4H3. The average Bonchev–Trinajstić information content (AvgIpc) is 3.51. The van der Waals surface area contributed by atoms with Crippen LogP contribution in [0.3, 0.4) is 0 Å². The van der Waals surface area contributed by atoms with Crippen LogP contribution in [-0.4, -0.2) is 9.55 Å². The van der Waals surface area contributed by atoms with Crippen LogP contribution in [0.1, 0.15) is 84.7 Å². The van der Waals surface area contributed by atoms with Crippen molar-refractivity contribution in [2.75, 3.05) is 0 Å². The molecule has 10 rings (SSSR count). The van der Waals surface area contributed by atoms with E-state index in [1.807, 2.05) is 18.5 Å². The maximum Gasteiger partial charge on any atom is 0.0537 e. The first-order chi connectivity index (χ1) is 25.3. The second-order valence-electron chi connectivity index (χ2n) is 16.2. The van der Waals surface area contributed by atoms with E-state index in [0.717, 1.165) is 18.4 Å². The number of benzene rings is 4. The molecule has 2 aromatic heterocycles. The summed E-state index contributed by atoms with van der Waals surface area (Å²) in [7, 11) is 0. The summed E-state index contributed by atoms with van der Waals surface area (Å²) in [5.41, 5.74) is 19.6. The third-order valence-corrected chi connectivity index (χ3v) is 12.0. The molecule has 0 amide bonds. The summed E-state index contributed by atoms with van der Waals surface area (Å²) in [5.74, 6) is 0.198. The SMILES string of the molecule is CC(C)(C)c1cc2c3c(c1)C=CC1(C)C(c4cccc(-n5c6c(c7ccccc75)C=CCC6)c4)=CC(c4ccc(-c5cccnc5)cc4)=C(C=C2)C31. The van der Waals surface area contributed by atoms with Crippen molar-refractivity contribution in [1.82, 2.24) is 9.55 Å². The Labute approximate surface area is 306 Å². The first-order valence-electron chi connectivity index (χ1n) is 18.7. The van der Waals surface area contributed by atoms with Gasteiger partial charge in [-0.15, -0.1) is 0 Å². The van der Waals surface area contributed by atoms with Gasteiger partial charge in [-0.2, -0.15) is 0 Å². The smallest absolute Gasteiger partial charge is 0.0537 e. The predicted molar refractivity (Wildman–Crippen MR) is 219 cm³/mol. The van der Waals surface area contributed by atoms with Crippen molar-refractivity contribution in [3.8, 4) is 16.8 Å². The van der Waals surface area contributed by atoms with Gasteiger partial charge >= 0.3 is 0 Å². The van der Waals surface area contributed by atoms with Gasteiger partial charge in [0.25, 0.3) is 0 Å². The van der Waals surface area contributed by atoms with Crippen LogP contribution in [0, 0.1) is 5.41 Å². The molecule has 0 aliphatic heterocycles. The molecule has 6 aromatic rings. The molecule has 0 fully saturated rings. The number of pyridine rings is 1. The normalized spacial score (nSPS) is 19.8. The van der Waals surface area contributed by atoms with Gasteiger partial charge in [0, 0.05) is 46.1 Å². The van der Waals surface area contributed by atoms with Gasteiger partial charge in [0.15, 0.2) is 0 Å². The Hall–Kier alpha value is -5.73. The minimum Gasteiger partial charge on any atom is -0.313 e. The summed E-state index contributed by atoms with van der Waals surface area (Å²) < 4.78 is 2.52. The number of rotatable bonds is 4. The van der Waals surface area contributed by atoms with E-state index in [2.05, 4.69) is 171 Å². The van der Waals surface area contributed by atoms with Crippen molar-refractivity contribution in [2.24, 2.45) is 5.41 Å². The molecule has 52 heavy (non-hydrogen) atoms. The fraction of sp³-hybridized carbons (Fsp3) is 0.180. The largest absolute Gasteiger partial charge is 0.313 e. The van der Waals surface area contributed by atoms with Crippen LogP contribution in [0.4, 0.5) is 0 Å². The third kappa shape index (κ3) is 4.67. The van der Waals surface area contributed by atoms with E-state index in [1.165, 1.54) is 83.5 Å². The Morgan fingerprint density at radius 3 is 2.35 bits per heavy atom. The molecule has 2 heteroatoms. The van der Waals surface area contributed by atoms with Crippen LogP contribution < -0.4 is 0 Å². The molecule has 2 nitrogen and oxygen atoms in total. The Bertz CT molecular complexity index is 2600. The van der Waals surface area contributed by atoms with E-state index in [9.17, 15) is 0 Å². The van der Waals surface area contributed by atoms with Gasteiger partial charge in [-0.05, 0) is 110 Å². The minimum atomic E-state index is -0.232. The molecule has 2 heterocycles. The highest BCUT2D eigenvalue weighted by Gasteiger charge is 2.47. The number of nitrogens with zero attached hydrogens (tertiary/aromatic N) is 2. The fourth-order valence-electron chi connectivity index (χ4n) is 9.33. The van der Waals surface area contributed by atoms with Crippen LogP contribution >= 0.6 is 0 Å². The zero-order chi connectivity index (χ0) is 35.2. The van der Waals surface area contributed by atoms with Crippen molar-refractivity contribution < 1.29 is 0 Å². The number of para-hydroxylation sites is 1. The fourth-order valence-corrected chi connectivity index (χ4v) is 9.33.